The van der Waals surface area contributed by atoms with E-state index in [0.717, 1.165) is 6.08 Å². The Morgan fingerprint density at radius 2 is 2.44 bits per heavy atom. The summed E-state index contributed by atoms with van der Waals surface area (Å²) >= 11 is 0. The minimum absolute atomic E-state index is 0.140. The molecule has 1 N–H and O–H groups in total. The molecule has 54 valence electrons. The van der Waals surface area contributed by atoms with Crippen LogP contribution in [0.5, 0.6) is 0 Å². The van der Waals surface area contributed by atoms with Gasteiger partial charge in [0, 0.05) is 7.11 Å². The summed E-state index contributed by atoms with van der Waals surface area (Å²) in [6, 6.07) is 0. The number of aliphatic hydroxyl groups excluding tert-OH is 1. The van der Waals surface area contributed by atoms with E-state index >= 15 is 0 Å². The maximum absolute atomic E-state index is 11.9. The predicted octanol–water partition coefficient (Wildman–Crippen LogP) is 0.867. The largest absolute Gasteiger partial charge is 0.387 e. The van der Waals surface area contributed by atoms with Crippen molar-refractivity contribution in [3.05, 3.63) is 11.9 Å². The van der Waals surface area contributed by atoms with Crippen molar-refractivity contribution in [3.63, 3.8) is 0 Å². The second-order valence-electron chi connectivity index (χ2n) is 1.78. The molecule has 0 bridgehead atoms. The smallest absolute Gasteiger partial charge is 0.0981 e. The molecule has 0 aromatic heterocycles. The molecule has 0 aliphatic carbocycles. The Labute approximate surface area is 53.9 Å². The topological polar surface area (TPSA) is 29.5 Å². The lowest BCUT2D eigenvalue weighted by Crippen LogP contribution is -2.10. The molecule has 0 aromatic carbocycles. The second kappa shape index (κ2) is 4.47. The van der Waals surface area contributed by atoms with Crippen molar-refractivity contribution in [1.82, 2.24) is 0 Å². The van der Waals surface area contributed by atoms with Gasteiger partial charge >= 0.3 is 0 Å². The molecule has 1 atom stereocenters. The van der Waals surface area contributed by atoms with Crippen molar-refractivity contribution in [2.75, 3.05) is 13.7 Å². The van der Waals surface area contributed by atoms with Crippen molar-refractivity contribution >= 4 is 0 Å². The Morgan fingerprint density at radius 1 is 1.89 bits per heavy atom. The second-order valence-corrected chi connectivity index (χ2v) is 1.78. The van der Waals surface area contributed by atoms with Crippen molar-refractivity contribution in [2.45, 2.75) is 13.0 Å². The molecule has 0 aliphatic heterocycles. The normalized spacial score (nSPS) is 15.8. The third-order valence-corrected chi connectivity index (χ3v) is 0.759. The first-order valence-electron chi connectivity index (χ1n) is 2.67. The summed E-state index contributed by atoms with van der Waals surface area (Å²) in [5, 5.41) is 8.78. The first kappa shape index (κ1) is 8.59. The minimum Gasteiger partial charge on any atom is -0.387 e. The van der Waals surface area contributed by atoms with Crippen molar-refractivity contribution in [2.24, 2.45) is 0 Å². The van der Waals surface area contributed by atoms with Crippen molar-refractivity contribution in [3.8, 4) is 0 Å². The number of methoxy groups -OCH3 is 1. The molecule has 0 unspecified atom stereocenters. The van der Waals surface area contributed by atoms with Crippen LogP contribution < -0.4 is 0 Å². The Morgan fingerprint density at radius 3 is 2.78 bits per heavy atom. The van der Waals surface area contributed by atoms with E-state index in [4.69, 9.17) is 5.11 Å². The highest BCUT2D eigenvalue weighted by atomic mass is 19.1. The zero-order valence-corrected chi connectivity index (χ0v) is 5.60. The standard InChI is InChI=1S/C6H11FO2/c1-5(7)3-6(8)4-9-2/h3,6,8H,4H2,1-2H3/b5-3+/t6-/m1/s1. The van der Waals surface area contributed by atoms with Crippen LogP contribution in [0.15, 0.2) is 11.9 Å². The third kappa shape index (κ3) is 5.46. The lowest BCUT2D eigenvalue weighted by Gasteiger charge is -2.01. The Balaban J connectivity index is 3.49. The molecule has 0 aromatic rings. The molecule has 0 heterocycles. The molecule has 0 radical (unpaired) electrons. The molecular formula is C6H11FO2. The Bertz CT molecular complexity index is 97.2. The molecule has 2 nitrogen and oxygen atoms in total. The van der Waals surface area contributed by atoms with Crippen LogP contribution in [0, 0.1) is 0 Å². The molecule has 0 aliphatic rings. The van der Waals surface area contributed by atoms with E-state index in [2.05, 4.69) is 4.74 Å². The Kier molecular flexibility index (Phi) is 4.26. The van der Waals surface area contributed by atoms with E-state index in [-0.39, 0.29) is 12.4 Å². The van der Waals surface area contributed by atoms with E-state index in [1.165, 1.54) is 14.0 Å². The zero-order valence-electron chi connectivity index (χ0n) is 5.60. The van der Waals surface area contributed by atoms with Crippen LogP contribution in [0.25, 0.3) is 0 Å². The van der Waals surface area contributed by atoms with Gasteiger partial charge in [0.2, 0.25) is 0 Å². The maximum Gasteiger partial charge on any atom is 0.0981 e. The predicted molar refractivity (Wildman–Crippen MR) is 32.7 cm³/mol. The zero-order chi connectivity index (χ0) is 7.28. The van der Waals surface area contributed by atoms with Gasteiger partial charge in [-0.3, -0.25) is 0 Å². The number of halogens is 1. The lowest BCUT2D eigenvalue weighted by molar-refractivity contribution is 0.0921. The van der Waals surface area contributed by atoms with Gasteiger partial charge in [-0.05, 0) is 13.0 Å². The van der Waals surface area contributed by atoms with Gasteiger partial charge in [0.05, 0.1) is 18.5 Å². The van der Waals surface area contributed by atoms with Crippen molar-refractivity contribution < 1.29 is 14.2 Å². The quantitative estimate of drug-likeness (QED) is 0.620. The number of hydrogen-bond acceptors (Lipinski definition) is 2. The monoisotopic (exact) mass is 134 g/mol. The van der Waals surface area contributed by atoms with Gasteiger partial charge in [0.1, 0.15) is 0 Å². The fourth-order valence-corrected chi connectivity index (χ4v) is 0.484. The van der Waals surface area contributed by atoms with Crippen LogP contribution in [0.2, 0.25) is 0 Å². The van der Waals surface area contributed by atoms with E-state index < -0.39 is 6.10 Å². The van der Waals surface area contributed by atoms with E-state index in [9.17, 15) is 4.39 Å². The summed E-state index contributed by atoms with van der Waals surface area (Å²) < 4.78 is 16.5. The number of hydrogen-bond donors (Lipinski definition) is 1. The number of aliphatic hydroxyl groups is 1. The SMILES string of the molecule is COC[C@H](O)/C=C(\C)F. The van der Waals surface area contributed by atoms with Gasteiger partial charge < -0.3 is 9.84 Å². The summed E-state index contributed by atoms with van der Waals surface area (Å²) in [4.78, 5) is 0. The molecule has 0 amide bonds. The molecule has 0 rings (SSSR count). The highest BCUT2D eigenvalue weighted by Crippen LogP contribution is 1.96. The molecule has 0 saturated carbocycles. The van der Waals surface area contributed by atoms with Crippen LogP contribution in [0.1, 0.15) is 6.92 Å². The number of allylic oxidation sites excluding steroid dienone is 1. The average molecular weight is 134 g/mol. The highest BCUT2D eigenvalue weighted by molar-refractivity contribution is 4.92. The first-order valence-corrected chi connectivity index (χ1v) is 2.67. The summed E-state index contributed by atoms with van der Waals surface area (Å²) in [6.07, 6.45) is 0.281. The van der Waals surface area contributed by atoms with Crippen LogP contribution in [0.3, 0.4) is 0 Å². The van der Waals surface area contributed by atoms with Gasteiger partial charge in [-0.15, -0.1) is 0 Å². The number of rotatable bonds is 3. The van der Waals surface area contributed by atoms with Gasteiger partial charge in [-0.1, -0.05) is 0 Å². The van der Waals surface area contributed by atoms with Gasteiger partial charge in [-0.2, -0.15) is 0 Å². The van der Waals surface area contributed by atoms with Gasteiger partial charge in [-0.25, -0.2) is 4.39 Å². The highest BCUT2D eigenvalue weighted by Gasteiger charge is 1.97. The molecule has 0 saturated heterocycles. The van der Waals surface area contributed by atoms with Gasteiger partial charge in [0.15, 0.2) is 0 Å². The Hall–Kier alpha value is -0.410. The van der Waals surface area contributed by atoms with Crippen molar-refractivity contribution in [1.29, 1.82) is 0 Å². The fourth-order valence-electron chi connectivity index (χ4n) is 0.484. The molecule has 0 spiro atoms. The summed E-state index contributed by atoms with van der Waals surface area (Å²) in [7, 11) is 1.45. The van der Waals surface area contributed by atoms with E-state index in [1.54, 1.807) is 0 Å². The maximum atomic E-state index is 11.9. The molecule has 0 fully saturated rings. The number of ether oxygens (including phenoxy) is 1. The summed E-state index contributed by atoms with van der Waals surface area (Å²) in [5.41, 5.74) is 0. The van der Waals surface area contributed by atoms with Gasteiger partial charge in [0.25, 0.3) is 0 Å². The third-order valence-electron chi connectivity index (χ3n) is 0.759. The van der Waals surface area contributed by atoms with E-state index in [0.29, 0.717) is 0 Å². The van der Waals surface area contributed by atoms with Crippen LogP contribution in [-0.4, -0.2) is 24.9 Å². The molecular weight excluding hydrogens is 123 g/mol. The average Bonchev–Trinajstić information content (AvgIpc) is 1.63. The van der Waals surface area contributed by atoms with Crippen LogP contribution in [0.4, 0.5) is 4.39 Å². The first-order chi connectivity index (χ1) is 4.16. The lowest BCUT2D eigenvalue weighted by atomic mass is 10.3. The summed E-state index contributed by atoms with van der Waals surface area (Å²) in [5.74, 6) is -0.389. The fraction of sp³-hybridized carbons (Fsp3) is 0.667. The van der Waals surface area contributed by atoms with Crippen LogP contribution >= 0.6 is 0 Å². The minimum atomic E-state index is -0.819. The summed E-state index contributed by atoms with van der Waals surface area (Å²) in [6.45, 7) is 1.42. The molecule has 3 heteroatoms. The molecule has 9 heavy (non-hydrogen) atoms. The van der Waals surface area contributed by atoms with Crippen LogP contribution in [-0.2, 0) is 4.74 Å². The van der Waals surface area contributed by atoms with E-state index in [1.807, 2.05) is 0 Å².